The largest absolute Gasteiger partial charge is 0.358 e. The molecule has 8 nitrogen and oxygen atoms in total. The number of aromatic nitrogens is 4. The van der Waals surface area contributed by atoms with Gasteiger partial charge >= 0.3 is 0 Å². The fourth-order valence-corrected chi connectivity index (χ4v) is 7.17. The molecule has 0 saturated carbocycles. The number of H-pyrrole nitrogens is 4. The lowest BCUT2D eigenvalue weighted by atomic mass is 9.65. The Morgan fingerprint density at radius 2 is 0.509 bits per heavy atom. The summed E-state index contributed by atoms with van der Waals surface area (Å²) in [5.74, 6) is 0. The highest BCUT2D eigenvalue weighted by Gasteiger charge is 2.38. The van der Waals surface area contributed by atoms with Crippen LogP contribution in [-0.4, -0.2) is 44.8 Å². The molecule has 0 aliphatic heterocycles. The van der Waals surface area contributed by atoms with Crippen molar-refractivity contribution in [1.82, 2.24) is 19.9 Å². The van der Waals surface area contributed by atoms with Crippen LogP contribution in [0.15, 0.2) is 166 Å². The number of nitrogens with one attached hydrogen (secondary N) is 4. The maximum Gasteiger partial charge on any atom is 0.0701 e. The smallest absolute Gasteiger partial charge is 0.0701 e. The van der Waals surface area contributed by atoms with Crippen molar-refractivity contribution in [2.24, 2.45) is 20.0 Å². The van der Waals surface area contributed by atoms with Crippen LogP contribution in [0.5, 0.6) is 0 Å². The average Bonchev–Trinajstić information content (AvgIpc) is 4.06. The maximum atomic E-state index is 4.80. The summed E-state index contributed by atoms with van der Waals surface area (Å²) in [6.07, 6.45) is 7.46. The standard InChI is InChI=1S/C49H44N8/c1-33-5-17-45(54-33)29-50-41-21-9-37(10-22-41)49(38-11-23-42(24-12-38)51-30-46-18-6-34(2)55-46,39-13-25-43(26-14-39)52-31-47-19-7-35(3)56-47)40-15-27-44(28-16-40)53-32-48-20-8-36(4)57-48/h5-32,54-57H,1-4H3. The average molecular weight is 745 g/mol. The van der Waals surface area contributed by atoms with Crippen LogP contribution < -0.4 is 0 Å². The number of aliphatic imine (C=N–C) groups is 4. The number of hydrogen-bond donors (Lipinski definition) is 4. The summed E-state index contributed by atoms with van der Waals surface area (Å²) in [4.78, 5) is 32.5. The van der Waals surface area contributed by atoms with Gasteiger partial charge in [-0.3, -0.25) is 20.0 Å². The van der Waals surface area contributed by atoms with Gasteiger partial charge in [0.2, 0.25) is 0 Å². The molecule has 0 unspecified atom stereocenters. The summed E-state index contributed by atoms with van der Waals surface area (Å²) in [5, 5.41) is 0. The van der Waals surface area contributed by atoms with Gasteiger partial charge in [0.15, 0.2) is 0 Å². The third-order valence-corrected chi connectivity index (χ3v) is 10.0. The van der Waals surface area contributed by atoms with E-state index >= 15 is 0 Å². The van der Waals surface area contributed by atoms with Gasteiger partial charge in [-0.15, -0.1) is 0 Å². The van der Waals surface area contributed by atoms with Crippen molar-refractivity contribution < 1.29 is 0 Å². The first-order valence-electron chi connectivity index (χ1n) is 19.0. The van der Waals surface area contributed by atoms with E-state index in [4.69, 9.17) is 20.0 Å². The topological polar surface area (TPSA) is 113 Å². The van der Waals surface area contributed by atoms with Crippen LogP contribution in [0.25, 0.3) is 0 Å². The third kappa shape index (κ3) is 8.35. The second-order valence-electron chi connectivity index (χ2n) is 14.4. The second kappa shape index (κ2) is 16.2. The summed E-state index contributed by atoms with van der Waals surface area (Å²) in [5.41, 5.74) is 15.3. The molecule has 280 valence electrons. The van der Waals surface area contributed by atoms with E-state index in [1.165, 1.54) is 0 Å². The normalized spacial score (nSPS) is 13.1. The van der Waals surface area contributed by atoms with Crippen molar-refractivity contribution >= 4 is 47.6 Å². The quantitative estimate of drug-likeness (QED) is 0.0705. The molecule has 4 heterocycles. The van der Waals surface area contributed by atoms with Gasteiger partial charge in [-0.2, -0.15) is 0 Å². The van der Waals surface area contributed by atoms with Crippen LogP contribution in [0, 0.1) is 27.7 Å². The van der Waals surface area contributed by atoms with Gasteiger partial charge < -0.3 is 19.9 Å². The van der Waals surface area contributed by atoms with E-state index in [0.29, 0.717) is 0 Å². The van der Waals surface area contributed by atoms with Crippen molar-refractivity contribution in [2.45, 2.75) is 33.1 Å². The first-order valence-corrected chi connectivity index (χ1v) is 19.0. The number of aryl methyl sites for hydroxylation is 4. The molecule has 8 heteroatoms. The van der Waals surface area contributed by atoms with Crippen LogP contribution >= 0.6 is 0 Å². The zero-order valence-corrected chi connectivity index (χ0v) is 32.5. The van der Waals surface area contributed by atoms with Gasteiger partial charge in [0.25, 0.3) is 0 Å². The van der Waals surface area contributed by atoms with Gasteiger partial charge in [-0.05, 0) is 147 Å². The van der Waals surface area contributed by atoms with Crippen molar-refractivity contribution in [2.75, 3.05) is 0 Å². The number of aromatic amines is 4. The zero-order valence-electron chi connectivity index (χ0n) is 32.5. The highest BCUT2D eigenvalue weighted by atomic mass is 14.8. The lowest BCUT2D eigenvalue weighted by molar-refractivity contribution is 0.745. The molecule has 0 saturated heterocycles. The summed E-state index contributed by atoms with van der Waals surface area (Å²) < 4.78 is 0. The predicted octanol–water partition coefficient (Wildman–Crippen LogP) is 11.6. The zero-order chi connectivity index (χ0) is 39.2. The Hall–Kier alpha value is -7.32. The van der Waals surface area contributed by atoms with E-state index in [1.54, 1.807) is 0 Å². The van der Waals surface area contributed by atoms with Crippen LogP contribution in [0.3, 0.4) is 0 Å². The molecule has 8 aromatic rings. The lowest BCUT2D eigenvalue weighted by Gasteiger charge is -2.37. The highest BCUT2D eigenvalue weighted by Crippen LogP contribution is 2.46. The molecule has 0 radical (unpaired) electrons. The van der Waals surface area contributed by atoms with E-state index in [9.17, 15) is 0 Å². The van der Waals surface area contributed by atoms with Crippen LogP contribution in [0.1, 0.15) is 67.8 Å². The summed E-state index contributed by atoms with van der Waals surface area (Å²) in [6.45, 7) is 8.15. The van der Waals surface area contributed by atoms with Gasteiger partial charge in [0, 0.05) is 22.8 Å². The Morgan fingerprint density at radius 3 is 0.684 bits per heavy atom. The molecule has 4 aromatic carbocycles. The lowest BCUT2D eigenvalue weighted by Crippen LogP contribution is -2.30. The molecule has 0 amide bonds. The number of nitrogens with zero attached hydrogens (tertiary/aromatic N) is 4. The van der Waals surface area contributed by atoms with E-state index < -0.39 is 5.41 Å². The predicted molar refractivity (Wildman–Crippen MR) is 236 cm³/mol. The maximum absolute atomic E-state index is 4.80. The fraction of sp³-hybridized carbons (Fsp3) is 0.102. The molecule has 0 spiro atoms. The minimum atomic E-state index is -0.727. The van der Waals surface area contributed by atoms with E-state index in [-0.39, 0.29) is 0 Å². The van der Waals surface area contributed by atoms with Crippen molar-refractivity contribution in [1.29, 1.82) is 0 Å². The minimum absolute atomic E-state index is 0.727. The van der Waals surface area contributed by atoms with E-state index in [2.05, 4.69) is 117 Å². The highest BCUT2D eigenvalue weighted by molar-refractivity contribution is 5.82. The first-order chi connectivity index (χ1) is 27.8. The monoisotopic (exact) mass is 744 g/mol. The van der Waals surface area contributed by atoms with Gasteiger partial charge in [0.1, 0.15) is 0 Å². The second-order valence-corrected chi connectivity index (χ2v) is 14.4. The van der Waals surface area contributed by atoms with Crippen molar-refractivity contribution in [3.63, 3.8) is 0 Å². The summed E-state index contributed by atoms with van der Waals surface area (Å²) in [6, 6.07) is 50.5. The molecule has 0 atom stereocenters. The van der Waals surface area contributed by atoms with Crippen molar-refractivity contribution in [3.8, 4) is 0 Å². The molecule has 0 aliphatic carbocycles. The molecule has 4 N–H and O–H groups in total. The van der Waals surface area contributed by atoms with Gasteiger partial charge in [0.05, 0.1) is 75.8 Å². The molecule has 0 fully saturated rings. The Bertz CT molecular complexity index is 2310. The van der Waals surface area contributed by atoms with Crippen molar-refractivity contribution in [3.05, 3.63) is 213 Å². The molecule has 8 rings (SSSR count). The Balaban J connectivity index is 1.24. The molecule has 0 bridgehead atoms. The summed E-state index contributed by atoms with van der Waals surface area (Å²) >= 11 is 0. The van der Waals surface area contributed by atoms with Crippen LogP contribution in [-0.2, 0) is 5.41 Å². The Kier molecular flexibility index (Phi) is 10.4. The number of hydrogen-bond acceptors (Lipinski definition) is 4. The van der Waals surface area contributed by atoms with Crippen LogP contribution in [0.2, 0.25) is 0 Å². The Labute approximate surface area is 333 Å². The molecule has 0 aliphatic rings. The molecule has 57 heavy (non-hydrogen) atoms. The van der Waals surface area contributed by atoms with E-state index in [1.807, 2.05) is 101 Å². The van der Waals surface area contributed by atoms with Gasteiger partial charge in [-0.1, -0.05) is 48.5 Å². The van der Waals surface area contributed by atoms with Crippen LogP contribution in [0.4, 0.5) is 22.7 Å². The molecular formula is C49H44N8. The summed E-state index contributed by atoms with van der Waals surface area (Å²) in [7, 11) is 0. The molecule has 4 aromatic heterocycles. The number of rotatable bonds is 12. The minimum Gasteiger partial charge on any atom is -0.358 e. The van der Waals surface area contributed by atoms with E-state index in [0.717, 1.165) is 90.6 Å². The Morgan fingerprint density at radius 1 is 0.298 bits per heavy atom. The fourth-order valence-electron chi connectivity index (χ4n) is 7.17. The third-order valence-electron chi connectivity index (χ3n) is 10.0. The number of benzene rings is 4. The molecular weight excluding hydrogens is 701 g/mol. The SMILES string of the molecule is Cc1ccc(C=Nc2ccc(C(c3ccc(N=Cc4ccc(C)[nH]4)cc3)(c3ccc(N=Cc4ccc(C)[nH]4)cc3)c3ccc(N=Cc4ccc(C)[nH]4)cc3)cc2)[nH]1. The first kappa shape index (κ1) is 36.6. The van der Waals surface area contributed by atoms with Gasteiger partial charge in [-0.25, -0.2) is 0 Å².